The molecular formula is C8H14O2. The van der Waals surface area contributed by atoms with Crippen LogP contribution in [0.1, 0.15) is 26.2 Å². The molecule has 2 nitrogen and oxygen atoms in total. The van der Waals surface area contributed by atoms with Gasteiger partial charge in [0.2, 0.25) is 0 Å². The van der Waals surface area contributed by atoms with Crippen LogP contribution in [0.25, 0.3) is 0 Å². The van der Waals surface area contributed by atoms with E-state index in [1.54, 1.807) is 6.08 Å². The smallest absolute Gasteiger partial charge is 0.152 e. The van der Waals surface area contributed by atoms with Gasteiger partial charge in [0.05, 0.1) is 0 Å². The van der Waals surface area contributed by atoms with Gasteiger partial charge in [-0.25, -0.2) is 0 Å². The summed E-state index contributed by atoms with van der Waals surface area (Å²) in [5.41, 5.74) is 0. The second-order valence-electron chi connectivity index (χ2n) is 2.18. The fourth-order valence-electron chi connectivity index (χ4n) is 0.561. The van der Waals surface area contributed by atoms with Crippen LogP contribution in [0.4, 0.5) is 0 Å². The third kappa shape index (κ3) is 4.01. The van der Waals surface area contributed by atoms with Crippen molar-refractivity contribution in [3.05, 3.63) is 24.2 Å². The van der Waals surface area contributed by atoms with Gasteiger partial charge in [0.25, 0.3) is 0 Å². The van der Waals surface area contributed by atoms with Crippen molar-refractivity contribution in [3.8, 4) is 0 Å². The zero-order chi connectivity index (χ0) is 7.98. The monoisotopic (exact) mass is 142 g/mol. The minimum atomic E-state index is -0.254. The van der Waals surface area contributed by atoms with Gasteiger partial charge in [-0.3, -0.25) is 0 Å². The summed E-state index contributed by atoms with van der Waals surface area (Å²) in [6.07, 6.45) is 4.48. The fraction of sp³-hybridized carbons (Fsp3) is 0.500. The molecule has 0 rings (SSSR count). The average Bonchev–Trinajstić information content (AvgIpc) is 1.88. The van der Waals surface area contributed by atoms with Gasteiger partial charge in [-0.15, -0.1) is 0 Å². The Morgan fingerprint density at radius 2 is 2.10 bits per heavy atom. The Hall–Kier alpha value is -0.920. The largest absolute Gasteiger partial charge is 0.505 e. The first-order valence-electron chi connectivity index (χ1n) is 3.45. The van der Waals surface area contributed by atoms with E-state index in [0.29, 0.717) is 0 Å². The van der Waals surface area contributed by atoms with Crippen molar-refractivity contribution in [2.75, 3.05) is 0 Å². The van der Waals surface area contributed by atoms with Gasteiger partial charge < -0.3 is 10.2 Å². The van der Waals surface area contributed by atoms with E-state index in [-0.39, 0.29) is 11.5 Å². The van der Waals surface area contributed by atoms with Gasteiger partial charge in [-0.05, 0) is 18.9 Å². The standard InChI is InChI=1S/C8H14O2/c1-3-4-5-6-8(10)7(2)9/h6,9-10H,2-5H2,1H3. The number of unbranched alkanes of at least 4 members (excludes halogenated alkanes) is 2. The van der Waals surface area contributed by atoms with E-state index in [9.17, 15) is 0 Å². The summed E-state index contributed by atoms with van der Waals surface area (Å²) in [5.74, 6) is -0.357. The second-order valence-corrected chi connectivity index (χ2v) is 2.18. The zero-order valence-corrected chi connectivity index (χ0v) is 6.30. The molecule has 0 radical (unpaired) electrons. The minimum absolute atomic E-state index is 0.103. The highest BCUT2D eigenvalue weighted by atomic mass is 16.3. The van der Waals surface area contributed by atoms with E-state index < -0.39 is 0 Å². The number of hydrogen-bond donors (Lipinski definition) is 2. The van der Waals surface area contributed by atoms with Gasteiger partial charge in [-0.2, -0.15) is 0 Å². The molecule has 0 aromatic rings. The highest BCUT2D eigenvalue weighted by molar-refractivity contribution is 5.12. The van der Waals surface area contributed by atoms with Crippen molar-refractivity contribution in [2.45, 2.75) is 26.2 Å². The molecule has 0 bridgehead atoms. The molecule has 0 aliphatic rings. The van der Waals surface area contributed by atoms with Crippen molar-refractivity contribution >= 4 is 0 Å². The summed E-state index contributed by atoms with van der Waals surface area (Å²) in [6.45, 7) is 5.24. The lowest BCUT2D eigenvalue weighted by atomic mass is 10.2. The summed E-state index contributed by atoms with van der Waals surface area (Å²) < 4.78 is 0. The van der Waals surface area contributed by atoms with Gasteiger partial charge in [0.1, 0.15) is 5.76 Å². The summed E-state index contributed by atoms with van der Waals surface area (Å²) >= 11 is 0. The number of rotatable bonds is 4. The first-order chi connectivity index (χ1) is 4.68. The third-order valence-electron chi connectivity index (χ3n) is 1.19. The second kappa shape index (κ2) is 4.91. The number of aliphatic hydroxyl groups is 2. The molecule has 2 heteroatoms. The SMILES string of the molecule is C=C(O)C(O)=CCCCC. The van der Waals surface area contributed by atoms with Gasteiger partial charge in [0, 0.05) is 0 Å². The average molecular weight is 142 g/mol. The quantitative estimate of drug-likeness (QED) is 0.360. The number of hydrogen-bond acceptors (Lipinski definition) is 2. The van der Waals surface area contributed by atoms with Gasteiger partial charge in [-0.1, -0.05) is 19.9 Å². The molecule has 0 saturated carbocycles. The van der Waals surface area contributed by atoms with Crippen LogP contribution in [0.15, 0.2) is 24.2 Å². The van der Waals surface area contributed by atoms with Crippen molar-refractivity contribution < 1.29 is 10.2 Å². The molecule has 0 atom stereocenters. The lowest BCUT2D eigenvalue weighted by molar-refractivity contribution is 0.326. The Morgan fingerprint density at radius 1 is 1.50 bits per heavy atom. The molecule has 0 aliphatic carbocycles. The summed E-state index contributed by atoms with van der Waals surface area (Å²) in [5, 5.41) is 17.5. The van der Waals surface area contributed by atoms with Crippen molar-refractivity contribution in [2.24, 2.45) is 0 Å². The topological polar surface area (TPSA) is 40.5 Å². The fourth-order valence-corrected chi connectivity index (χ4v) is 0.561. The molecule has 0 fully saturated rings. The summed E-state index contributed by atoms with van der Waals surface area (Å²) in [4.78, 5) is 0. The lowest BCUT2D eigenvalue weighted by Crippen LogP contribution is -1.83. The molecule has 0 aliphatic heterocycles. The first-order valence-corrected chi connectivity index (χ1v) is 3.45. The van der Waals surface area contributed by atoms with Gasteiger partial charge in [0.15, 0.2) is 5.76 Å². The Morgan fingerprint density at radius 3 is 2.50 bits per heavy atom. The maximum atomic E-state index is 8.86. The first kappa shape index (κ1) is 9.08. The summed E-state index contributed by atoms with van der Waals surface area (Å²) in [6, 6.07) is 0. The highest BCUT2D eigenvalue weighted by Gasteiger charge is 1.93. The molecule has 0 aromatic carbocycles. The van der Waals surface area contributed by atoms with Crippen LogP contribution in [0.5, 0.6) is 0 Å². The highest BCUT2D eigenvalue weighted by Crippen LogP contribution is 2.03. The van der Waals surface area contributed by atoms with E-state index in [4.69, 9.17) is 10.2 Å². The van der Waals surface area contributed by atoms with Crippen LogP contribution in [0, 0.1) is 0 Å². The van der Waals surface area contributed by atoms with E-state index >= 15 is 0 Å². The summed E-state index contributed by atoms with van der Waals surface area (Å²) in [7, 11) is 0. The molecule has 0 unspecified atom stereocenters. The number of aliphatic hydroxyl groups excluding tert-OH is 2. The van der Waals surface area contributed by atoms with Crippen molar-refractivity contribution in [1.82, 2.24) is 0 Å². The normalized spacial score (nSPS) is 11.5. The molecule has 10 heavy (non-hydrogen) atoms. The Bertz CT molecular complexity index is 136. The van der Waals surface area contributed by atoms with Crippen molar-refractivity contribution in [1.29, 1.82) is 0 Å². The van der Waals surface area contributed by atoms with Crippen LogP contribution in [-0.4, -0.2) is 10.2 Å². The number of allylic oxidation sites excluding steroid dienone is 1. The Balaban J connectivity index is 3.58. The van der Waals surface area contributed by atoms with Crippen LogP contribution >= 0.6 is 0 Å². The van der Waals surface area contributed by atoms with E-state index in [2.05, 4.69) is 13.5 Å². The predicted octanol–water partition coefficient (Wildman–Crippen LogP) is 2.69. The van der Waals surface area contributed by atoms with Crippen molar-refractivity contribution in [3.63, 3.8) is 0 Å². The molecule has 2 N–H and O–H groups in total. The van der Waals surface area contributed by atoms with Crippen LogP contribution in [0.3, 0.4) is 0 Å². The maximum Gasteiger partial charge on any atom is 0.152 e. The lowest BCUT2D eigenvalue weighted by Gasteiger charge is -1.94. The molecule has 0 heterocycles. The predicted molar refractivity (Wildman–Crippen MR) is 42.0 cm³/mol. The third-order valence-corrected chi connectivity index (χ3v) is 1.19. The van der Waals surface area contributed by atoms with Crippen LogP contribution in [0.2, 0.25) is 0 Å². The van der Waals surface area contributed by atoms with Crippen LogP contribution in [-0.2, 0) is 0 Å². The maximum absolute atomic E-state index is 8.86. The molecule has 0 saturated heterocycles. The molecule has 0 aromatic heterocycles. The molecule has 58 valence electrons. The van der Waals surface area contributed by atoms with Gasteiger partial charge >= 0.3 is 0 Å². The molecule has 0 amide bonds. The van der Waals surface area contributed by atoms with E-state index in [1.165, 1.54) is 0 Å². The zero-order valence-electron chi connectivity index (χ0n) is 6.30. The van der Waals surface area contributed by atoms with E-state index in [1.807, 2.05) is 0 Å². The Labute approximate surface area is 61.5 Å². The molecule has 0 spiro atoms. The minimum Gasteiger partial charge on any atom is -0.505 e. The van der Waals surface area contributed by atoms with E-state index in [0.717, 1.165) is 19.3 Å². The molecular weight excluding hydrogens is 128 g/mol. The van der Waals surface area contributed by atoms with Crippen LogP contribution < -0.4 is 0 Å². The Kier molecular flexibility index (Phi) is 4.46.